The van der Waals surface area contributed by atoms with Crippen molar-refractivity contribution in [2.45, 2.75) is 69.6 Å². The number of fused-ring (bicyclic) bond motifs is 1. The van der Waals surface area contributed by atoms with Gasteiger partial charge in [-0.05, 0) is 70.9 Å². The van der Waals surface area contributed by atoms with Crippen molar-refractivity contribution >= 4 is 5.97 Å². The molecule has 1 saturated carbocycles. The standard InChI is InChI=1S/C25H30O2/c1-23(2)11-12-24(3,4)21-16-19(9-10-20(21)23)25(13-14-25)18-8-6-7-17(15-18)22(26)27-5/h6-10,15-16H,11-14H2,1-5H3. The lowest BCUT2D eigenvalue weighted by Gasteiger charge is -2.42. The molecule has 4 rings (SSSR count). The van der Waals surface area contributed by atoms with Crippen LogP contribution in [0.15, 0.2) is 42.5 Å². The maximum atomic E-state index is 12.0. The molecule has 0 saturated heterocycles. The lowest BCUT2D eigenvalue weighted by atomic mass is 9.62. The van der Waals surface area contributed by atoms with E-state index >= 15 is 0 Å². The second-order valence-corrected chi connectivity index (χ2v) is 9.68. The van der Waals surface area contributed by atoms with Crippen molar-refractivity contribution in [2.24, 2.45) is 0 Å². The first-order chi connectivity index (χ1) is 12.7. The second kappa shape index (κ2) is 5.95. The van der Waals surface area contributed by atoms with Crippen LogP contribution in [0.5, 0.6) is 0 Å². The number of methoxy groups -OCH3 is 1. The van der Waals surface area contributed by atoms with Crippen LogP contribution in [-0.2, 0) is 21.0 Å². The summed E-state index contributed by atoms with van der Waals surface area (Å²) >= 11 is 0. The van der Waals surface area contributed by atoms with Gasteiger partial charge in [0, 0.05) is 5.41 Å². The molecule has 2 aliphatic carbocycles. The molecule has 2 heteroatoms. The summed E-state index contributed by atoms with van der Waals surface area (Å²) in [6.07, 6.45) is 4.74. The van der Waals surface area contributed by atoms with Crippen molar-refractivity contribution in [1.29, 1.82) is 0 Å². The largest absolute Gasteiger partial charge is 0.465 e. The van der Waals surface area contributed by atoms with Crippen LogP contribution in [-0.4, -0.2) is 13.1 Å². The normalized spacial score (nSPS) is 21.2. The minimum Gasteiger partial charge on any atom is -0.465 e. The maximum absolute atomic E-state index is 12.0. The van der Waals surface area contributed by atoms with Gasteiger partial charge >= 0.3 is 5.97 Å². The van der Waals surface area contributed by atoms with Gasteiger partial charge in [-0.15, -0.1) is 0 Å². The summed E-state index contributed by atoms with van der Waals surface area (Å²) in [6.45, 7) is 9.49. The van der Waals surface area contributed by atoms with Crippen molar-refractivity contribution in [3.8, 4) is 0 Å². The van der Waals surface area contributed by atoms with Crippen LogP contribution >= 0.6 is 0 Å². The van der Waals surface area contributed by atoms with E-state index in [9.17, 15) is 4.79 Å². The predicted octanol–water partition coefficient (Wildman–Crippen LogP) is 5.90. The molecule has 0 unspecified atom stereocenters. The fourth-order valence-electron chi connectivity index (χ4n) is 4.82. The fraction of sp³-hybridized carbons (Fsp3) is 0.480. The van der Waals surface area contributed by atoms with Crippen LogP contribution in [0.1, 0.15) is 86.0 Å². The Hall–Kier alpha value is -2.09. The zero-order chi connectivity index (χ0) is 19.4. The molecule has 0 amide bonds. The van der Waals surface area contributed by atoms with Gasteiger partial charge in [0.15, 0.2) is 0 Å². The number of carbonyl (C=O) groups excluding carboxylic acids is 1. The molecular weight excluding hydrogens is 332 g/mol. The highest BCUT2D eigenvalue weighted by Gasteiger charge is 2.47. The molecule has 2 nitrogen and oxygen atoms in total. The number of hydrogen-bond acceptors (Lipinski definition) is 2. The summed E-state index contributed by atoms with van der Waals surface area (Å²) in [6, 6.07) is 15.2. The van der Waals surface area contributed by atoms with E-state index in [-0.39, 0.29) is 22.2 Å². The van der Waals surface area contributed by atoms with Gasteiger partial charge in [-0.25, -0.2) is 4.79 Å². The van der Waals surface area contributed by atoms with Gasteiger partial charge in [-0.1, -0.05) is 58.0 Å². The van der Waals surface area contributed by atoms with Crippen LogP contribution in [0, 0.1) is 0 Å². The third-order valence-electron chi connectivity index (χ3n) is 6.99. The van der Waals surface area contributed by atoms with Crippen LogP contribution in [0.25, 0.3) is 0 Å². The van der Waals surface area contributed by atoms with Gasteiger partial charge in [0.1, 0.15) is 0 Å². The molecule has 2 aromatic carbocycles. The van der Waals surface area contributed by atoms with Crippen LogP contribution in [0.2, 0.25) is 0 Å². The first-order valence-electron chi connectivity index (χ1n) is 10.0. The number of hydrogen-bond donors (Lipinski definition) is 0. The average molecular weight is 363 g/mol. The molecule has 0 bridgehead atoms. The molecule has 0 spiro atoms. The first-order valence-corrected chi connectivity index (χ1v) is 10.0. The number of rotatable bonds is 3. The van der Waals surface area contributed by atoms with E-state index in [1.807, 2.05) is 18.2 Å². The van der Waals surface area contributed by atoms with Crippen LogP contribution < -0.4 is 0 Å². The molecule has 27 heavy (non-hydrogen) atoms. The van der Waals surface area contributed by atoms with E-state index in [1.165, 1.54) is 42.2 Å². The van der Waals surface area contributed by atoms with Crippen molar-refractivity contribution in [1.82, 2.24) is 0 Å². The zero-order valence-corrected chi connectivity index (χ0v) is 17.2. The van der Waals surface area contributed by atoms with Gasteiger partial charge in [0.05, 0.1) is 12.7 Å². The Morgan fingerprint density at radius 2 is 1.44 bits per heavy atom. The summed E-state index contributed by atoms with van der Waals surface area (Å²) in [4.78, 5) is 12.0. The highest BCUT2D eigenvalue weighted by molar-refractivity contribution is 5.89. The quantitative estimate of drug-likeness (QED) is 0.635. The van der Waals surface area contributed by atoms with Gasteiger partial charge < -0.3 is 4.74 Å². The summed E-state index contributed by atoms with van der Waals surface area (Å²) < 4.78 is 4.92. The van der Waals surface area contributed by atoms with Gasteiger partial charge in [-0.2, -0.15) is 0 Å². The SMILES string of the molecule is COC(=O)c1cccc(C2(c3ccc4c(c3)C(C)(C)CCC4(C)C)CC2)c1. The van der Waals surface area contributed by atoms with Crippen LogP contribution in [0.4, 0.5) is 0 Å². The summed E-state index contributed by atoms with van der Waals surface area (Å²) in [5.41, 5.74) is 6.79. The van der Waals surface area contributed by atoms with Gasteiger partial charge in [0.25, 0.3) is 0 Å². The average Bonchev–Trinajstić information content (AvgIpc) is 3.47. The van der Waals surface area contributed by atoms with Crippen molar-refractivity contribution in [2.75, 3.05) is 7.11 Å². The van der Waals surface area contributed by atoms with Crippen molar-refractivity contribution in [3.05, 3.63) is 70.3 Å². The molecule has 0 atom stereocenters. The first kappa shape index (κ1) is 18.3. The summed E-state index contributed by atoms with van der Waals surface area (Å²) in [7, 11) is 1.44. The Labute approximate surface area is 162 Å². The minimum absolute atomic E-state index is 0.0523. The molecule has 0 heterocycles. The molecule has 2 aromatic rings. The highest BCUT2D eigenvalue weighted by Crippen LogP contribution is 2.55. The van der Waals surface area contributed by atoms with E-state index < -0.39 is 0 Å². The molecule has 1 fully saturated rings. The Morgan fingerprint density at radius 1 is 0.815 bits per heavy atom. The third-order valence-corrected chi connectivity index (χ3v) is 6.99. The Balaban J connectivity index is 1.80. The zero-order valence-electron chi connectivity index (χ0n) is 17.2. The molecule has 0 aromatic heterocycles. The lowest BCUT2D eigenvalue weighted by Crippen LogP contribution is -2.34. The van der Waals surface area contributed by atoms with E-state index in [1.54, 1.807) is 0 Å². The monoisotopic (exact) mass is 362 g/mol. The smallest absolute Gasteiger partial charge is 0.337 e. The number of benzene rings is 2. The number of esters is 1. The third kappa shape index (κ3) is 2.90. The summed E-state index contributed by atoms with van der Waals surface area (Å²) in [5.74, 6) is -0.263. The Kier molecular flexibility index (Phi) is 4.03. The fourth-order valence-corrected chi connectivity index (χ4v) is 4.82. The van der Waals surface area contributed by atoms with Crippen molar-refractivity contribution in [3.63, 3.8) is 0 Å². The molecule has 0 aliphatic heterocycles. The maximum Gasteiger partial charge on any atom is 0.337 e. The highest BCUT2D eigenvalue weighted by atomic mass is 16.5. The van der Waals surface area contributed by atoms with E-state index in [0.29, 0.717) is 5.56 Å². The molecule has 0 N–H and O–H groups in total. The molecule has 2 aliphatic rings. The minimum atomic E-state index is -0.263. The Bertz CT molecular complexity index is 900. The van der Waals surface area contributed by atoms with E-state index in [4.69, 9.17) is 4.74 Å². The van der Waals surface area contributed by atoms with Gasteiger partial charge in [-0.3, -0.25) is 0 Å². The topological polar surface area (TPSA) is 26.3 Å². The molecule has 0 radical (unpaired) electrons. The molecule has 142 valence electrons. The van der Waals surface area contributed by atoms with E-state index in [2.05, 4.69) is 52.0 Å². The molecular formula is C25H30O2. The van der Waals surface area contributed by atoms with E-state index in [0.717, 1.165) is 12.8 Å². The van der Waals surface area contributed by atoms with Gasteiger partial charge in [0.2, 0.25) is 0 Å². The van der Waals surface area contributed by atoms with Crippen molar-refractivity contribution < 1.29 is 9.53 Å². The predicted molar refractivity (Wildman–Crippen MR) is 110 cm³/mol. The van der Waals surface area contributed by atoms with Crippen LogP contribution in [0.3, 0.4) is 0 Å². The number of ether oxygens (including phenoxy) is 1. The summed E-state index contributed by atoms with van der Waals surface area (Å²) in [5, 5.41) is 0. The second-order valence-electron chi connectivity index (χ2n) is 9.68. The Morgan fingerprint density at radius 3 is 2.07 bits per heavy atom. The lowest BCUT2D eigenvalue weighted by molar-refractivity contribution is 0.0600. The number of carbonyl (C=O) groups is 1.